The Labute approximate surface area is 114 Å². The van der Waals surface area contributed by atoms with Gasteiger partial charge in [-0.3, -0.25) is 5.10 Å². The molecule has 19 heavy (non-hydrogen) atoms. The molecule has 3 rings (SSSR count). The normalized spacial score (nSPS) is 10.6. The summed E-state index contributed by atoms with van der Waals surface area (Å²) in [6.07, 6.45) is 0. The Morgan fingerprint density at radius 3 is 2.58 bits per heavy atom. The molecule has 0 unspecified atom stereocenters. The van der Waals surface area contributed by atoms with E-state index < -0.39 is 0 Å². The van der Waals surface area contributed by atoms with Gasteiger partial charge < -0.3 is 0 Å². The summed E-state index contributed by atoms with van der Waals surface area (Å²) < 4.78 is 13.0. The molecule has 0 aliphatic rings. The molecule has 0 bridgehead atoms. The minimum absolute atomic E-state index is 0.302. The molecule has 2 aromatic carbocycles. The van der Waals surface area contributed by atoms with Crippen LogP contribution in [0.25, 0.3) is 22.8 Å². The van der Waals surface area contributed by atoms with E-state index in [1.54, 1.807) is 6.07 Å². The number of hydrogen-bond acceptors (Lipinski definition) is 2. The summed E-state index contributed by atoms with van der Waals surface area (Å²) in [5.74, 6) is 0.719. The first kappa shape index (κ1) is 11.9. The topological polar surface area (TPSA) is 41.6 Å². The molecule has 3 nitrogen and oxygen atoms in total. The zero-order chi connectivity index (χ0) is 13.2. The largest absolute Gasteiger partial charge is 0.259 e. The lowest BCUT2D eigenvalue weighted by Crippen LogP contribution is -1.84. The molecular weight excluding hydrogens is 265 g/mol. The first-order valence-corrected chi connectivity index (χ1v) is 6.05. The zero-order valence-corrected chi connectivity index (χ0v) is 10.5. The Morgan fingerprint density at radius 2 is 1.84 bits per heavy atom. The second-order valence-electron chi connectivity index (χ2n) is 4.00. The van der Waals surface area contributed by atoms with Gasteiger partial charge in [0.05, 0.1) is 5.02 Å². The molecule has 1 heterocycles. The van der Waals surface area contributed by atoms with Crippen molar-refractivity contribution >= 4 is 11.6 Å². The molecule has 0 radical (unpaired) electrons. The zero-order valence-electron chi connectivity index (χ0n) is 9.77. The van der Waals surface area contributed by atoms with Gasteiger partial charge in [0.1, 0.15) is 5.82 Å². The van der Waals surface area contributed by atoms with Crippen molar-refractivity contribution in [3.63, 3.8) is 0 Å². The maximum atomic E-state index is 13.0. The average Bonchev–Trinajstić information content (AvgIpc) is 2.89. The van der Waals surface area contributed by atoms with Crippen LogP contribution < -0.4 is 0 Å². The quantitative estimate of drug-likeness (QED) is 0.768. The minimum Gasteiger partial charge on any atom is -0.259 e. The smallest absolute Gasteiger partial charge is 0.181 e. The van der Waals surface area contributed by atoms with Gasteiger partial charge in [-0.05, 0) is 18.2 Å². The van der Waals surface area contributed by atoms with Crippen LogP contribution in [0.15, 0.2) is 48.5 Å². The van der Waals surface area contributed by atoms with Crippen LogP contribution in [0.4, 0.5) is 4.39 Å². The summed E-state index contributed by atoms with van der Waals surface area (Å²) in [7, 11) is 0. The van der Waals surface area contributed by atoms with Gasteiger partial charge in [0.25, 0.3) is 0 Å². The van der Waals surface area contributed by atoms with Crippen molar-refractivity contribution in [1.82, 2.24) is 15.2 Å². The molecule has 0 fully saturated rings. The predicted molar refractivity (Wildman–Crippen MR) is 72.2 cm³/mol. The van der Waals surface area contributed by atoms with Gasteiger partial charge in [-0.25, -0.2) is 9.37 Å². The predicted octanol–water partition coefficient (Wildman–Crippen LogP) is 3.93. The average molecular weight is 274 g/mol. The van der Waals surface area contributed by atoms with E-state index in [1.165, 1.54) is 12.1 Å². The third-order valence-electron chi connectivity index (χ3n) is 2.70. The van der Waals surface area contributed by atoms with Crippen LogP contribution >= 0.6 is 11.6 Å². The lowest BCUT2D eigenvalue weighted by Gasteiger charge is -1.99. The fraction of sp³-hybridized carbons (Fsp3) is 0. The van der Waals surface area contributed by atoms with Gasteiger partial charge in [-0.2, -0.15) is 5.10 Å². The van der Waals surface area contributed by atoms with Gasteiger partial charge in [0.2, 0.25) is 0 Å². The van der Waals surface area contributed by atoms with Crippen LogP contribution in [0.5, 0.6) is 0 Å². The van der Waals surface area contributed by atoms with E-state index in [0.717, 1.165) is 5.56 Å². The van der Waals surface area contributed by atoms with E-state index in [4.69, 9.17) is 11.6 Å². The summed E-state index contributed by atoms with van der Waals surface area (Å²) in [5.41, 5.74) is 1.53. The van der Waals surface area contributed by atoms with E-state index in [1.807, 2.05) is 30.3 Å². The summed E-state index contributed by atoms with van der Waals surface area (Å²) in [6.45, 7) is 0. The lowest BCUT2D eigenvalue weighted by molar-refractivity contribution is 0.628. The van der Waals surface area contributed by atoms with Gasteiger partial charge in [-0.1, -0.05) is 41.9 Å². The molecule has 5 heteroatoms. The summed E-state index contributed by atoms with van der Waals surface area (Å²) in [6, 6.07) is 13.7. The Kier molecular flexibility index (Phi) is 3.01. The number of aromatic amines is 1. The van der Waals surface area contributed by atoms with Crippen LogP contribution in [-0.4, -0.2) is 15.2 Å². The van der Waals surface area contributed by atoms with E-state index in [9.17, 15) is 4.39 Å². The van der Waals surface area contributed by atoms with Gasteiger partial charge in [0.15, 0.2) is 11.6 Å². The van der Waals surface area contributed by atoms with Crippen LogP contribution in [0.3, 0.4) is 0 Å². The number of hydrogen-bond donors (Lipinski definition) is 1. The van der Waals surface area contributed by atoms with Crippen molar-refractivity contribution in [2.24, 2.45) is 0 Å². The van der Waals surface area contributed by atoms with Gasteiger partial charge in [0, 0.05) is 11.1 Å². The molecule has 0 amide bonds. The number of aromatic nitrogens is 3. The number of halogens is 2. The van der Waals surface area contributed by atoms with Crippen LogP contribution in [-0.2, 0) is 0 Å². The molecule has 0 aliphatic heterocycles. The van der Waals surface area contributed by atoms with Crippen molar-refractivity contribution in [2.45, 2.75) is 0 Å². The highest BCUT2D eigenvalue weighted by Crippen LogP contribution is 2.27. The maximum Gasteiger partial charge on any atom is 0.181 e. The highest BCUT2D eigenvalue weighted by atomic mass is 35.5. The molecular formula is C14H9ClFN3. The fourth-order valence-electron chi connectivity index (χ4n) is 1.78. The number of rotatable bonds is 2. The lowest BCUT2D eigenvalue weighted by atomic mass is 10.2. The maximum absolute atomic E-state index is 13.0. The Hall–Kier alpha value is -2.20. The molecule has 0 saturated heterocycles. The highest BCUT2D eigenvalue weighted by Gasteiger charge is 2.10. The monoisotopic (exact) mass is 273 g/mol. The van der Waals surface area contributed by atoms with Crippen molar-refractivity contribution in [1.29, 1.82) is 0 Å². The molecule has 94 valence electrons. The highest BCUT2D eigenvalue weighted by molar-refractivity contribution is 6.33. The van der Waals surface area contributed by atoms with Crippen molar-refractivity contribution in [2.75, 3.05) is 0 Å². The standard InChI is InChI=1S/C14H9ClFN3/c15-12-8-10(16)6-7-11(12)14-17-13(18-19-14)9-4-2-1-3-5-9/h1-8H,(H,17,18,19). The SMILES string of the molecule is Fc1ccc(-c2nc(-c3ccccc3)n[nH]2)c(Cl)c1. The molecule has 1 N–H and O–H groups in total. The second kappa shape index (κ2) is 4.82. The Bertz CT molecular complexity index is 710. The Balaban J connectivity index is 2.02. The van der Waals surface area contributed by atoms with Gasteiger partial charge in [-0.15, -0.1) is 0 Å². The van der Waals surface area contributed by atoms with E-state index in [0.29, 0.717) is 22.2 Å². The molecule has 3 aromatic rings. The molecule has 0 spiro atoms. The first-order valence-electron chi connectivity index (χ1n) is 5.67. The summed E-state index contributed by atoms with van der Waals surface area (Å²) in [5, 5.41) is 7.25. The number of nitrogens with one attached hydrogen (secondary N) is 1. The van der Waals surface area contributed by atoms with Crippen LogP contribution in [0, 0.1) is 5.82 Å². The fourth-order valence-corrected chi connectivity index (χ4v) is 2.04. The third kappa shape index (κ3) is 2.35. The molecule has 0 aliphatic carbocycles. The minimum atomic E-state index is -0.378. The Morgan fingerprint density at radius 1 is 1.05 bits per heavy atom. The van der Waals surface area contributed by atoms with Crippen molar-refractivity contribution < 1.29 is 4.39 Å². The van der Waals surface area contributed by atoms with Crippen LogP contribution in [0.1, 0.15) is 0 Å². The molecule has 0 atom stereocenters. The van der Waals surface area contributed by atoms with E-state index >= 15 is 0 Å². The summed E-state index contributed by atoms with van der Waals surface area (Å²) in [4.78, 5) is 4.37. The van der Waals surface area contributed by atoms with Crippen molar-refractivity contribution in [3.8, 4) is 22.8 Å². The summed E-state index contributed by atoms with van der Waals surface area (Å²) >= 11 is 5.99. The van der Waals surface area contributed by atoms with Crippen LogP contribution in [0.2, 0.25) is 5.02 Å². The van der Waals surface area contributed by atoms with E-state index in [2.05, 4.69) is 15.2 Å². The van der Waals surface area contributed by atoms with Crippen molar-refractivity contribution in [3.05, 3.63) is 59.4 Å². The number of H-pyrrole nitrogens is 1. The molecule has 1 aromatic heterocycles. The van der Waals surface area contributed by atoms with Gasteiger partial charge >= 0.3 is 0 Å². The first-order chi connectivity index (χ1) is 9.24. The van der Waals surface area contributed by atoms with E-state index in [-0.39, 0.29) is 5.82 Å². The molecule has 0 saturated carbocycles. The number of benzene rings is 2. The second-order valence-corrected chi connectivity index (χ2v) is 4.41. The number of nitrogens with zero attached hydrogens (tertiary/aromatic N) is 2. The third-order valence-corrected chi connectivity index (χ3v) is 3.02.